The predicted octanol–water partition coefficient (Wildman–Crippen LogP) is 3.30. The number of nitrogens with zero attached hydrogens (tertiary/aromatic N) is 2. The second-order valence-corrected chi connectivity index (χ2v) is 4.94. The summed E-state index contributed by atoms with van der Waals surface area (Å²) >= 11 is 0. The first-order chi connectivity index (χ1) is 9.93. The molecule has 0 saturated carbocycles. The normalized spacial score (nSPS) is 11.9. The minimum Gasteiger partial charge on any atom is -0.374 e. The molecule has 0 spiro atoms. The summed E-state index contributed by atoms with van der Waals surface area (Å²) in [5.74, 6) is 0. The van der Waals surface area contributed by atoms with E-state index in [1.165, 1.54) is 6.07 Å². The molecule has 1 heterocycles. The molecule has 3 nitrogen and oxygen atoms in total. The fraction of sp³-hybridized carbons (Fsp3) is 0.400. The Morgan fingerprint density at radius 2 is 2.00 bits per heavy atom. The largest absolute Gasteiger partial charge is 0.416 e. The number of nitrogens with one attached hydrogen (secondary N) is 1. The van der Waals surface area contributed by atoms with E-state index in [0.29, 0.717) is 5.52 Å². The molecule has 0 amide bonds. The van der Waals surface area contributed by atoms with E-state index in [-0.39, 0.29) is 0 Å². The molecule has 6 heteroatoms. The number of hydrogen-bond donors (Lipinski definition) is 1. The second-order valence-electron chi connectivity index (χ2n) is 4.94. The molecule has 0 bridgehead atoms. The molecule has 0 aliphatic rings. The van der Waals surface area contributed by atoms with E-state index >= 15 is 0 Å². The molecule has 1 aromatic carbocycles. The van der Waals surface area contributed by atoms with Gasteiger partial charge in [0.2, 0.25) is 0 Å². The van der Waals surface area contributed by atoms with Crippen molar-refractivity contribution < 1.29 is 13.2 Å². The Labute approximate surface area is 121 Å². The molecule has 1 N–H and O–H groups in total. The quantitative estimate of drug-likeness (QED) is 0.858. The van der Waals surface area contributed by atoms with Gasteiger partial charge in [-0.05, 0) is 38.2 Å². The number of rotatable bonds is 5. The zero-order chi connectivity index (χ0) is 15.5. The lowest BCUT2D eigenvalue weighted by molar-refractivity contribution is -0.137. The minimum atomic E-state index is -4.34. The summed E-state index contributed by atoms with van der Waals surface area (Å²) in [5, 5.41) is 3.81. The van der Waals surface area contributed by atoms with E-state index in [4.69, 9.17) is 0 Å². The van der Waals surface area contributed by atoms with Crippen LogP contribution in [0.3, 0.4) is 0 Å². The van der Waals surface area contributed by atoms with Gasteiger partial charge in [-0.3, -0.25) is 4.98 Å². The Balaban J connectivity index is 2.33. The van der Waals surface area contributed by atoms with Gasteiger partial charge in [0.1, 0.15) is 0 Å². The summed E-state index contributed by atoms with van der Waals surface area (Å²) in [6.07, 6.45) is -1.84. The molecule has 0 fully saturated rings. The number of benzene rings is 1. The van der Waals surface area contributed by atoms with Crippen LogP contribution in [0.15, 0.2) is 30.5 Å². The molecule has 0 aliphatic heterocycles. The van der Waals surface area contributed by atoms with Gasteiger partial charge in [-0.15, -0.1) is 0 Å². The summed E-state index contributed by atoms with van der Waals surface area (Å²) in [7, 11) is 3.82. The first kappa shape index (κ1) is 15.6. The van der Waals surface area contributed by atoms with Crippen molar-refractivity contribution in [3.63, 3.8) is 0 Å². The third-order valence-electron chi connectivity index (χ3n) is 3.38. The van der Waals surface area contributed by atoms with Crippen molar-refractivity contribution in [1.82, 2.24) is 10.3 Å². The lowest BCUT2D eigenvalue weighted by atomic mass is 10.1. The molecule has 0 radical (unpaired) electrons. The van der Waals surface area contributed by atoms with Crippen LogP contribution in [-0.2, 0) is 6.18 Å². The Morgan fingerprint density at radius 1 is 1.24 bits per heavy atom. The molecule has 114 valence electrons. The van der Waals surface area contributed by atoms with Crippen LogP contribution in [0.5, 0.6) is 0 Å². The maximum absolute atomic E-state index is 12.7. The lowest BCUT2D eigenvalue weighted by Crippen LogP contribution is -2.22. The zero-order valence-electron chi connectivity index (χ0n) is 12.0. The predicted molar refractivity (Wildman–Crippen MR) is 78.6 cm³/mol. The number of fused-ring (bicyclic) bond motifs is 1. The van der Waals surface area contributed by atoms with Gasteiger partial charge >= 0.3 is 6.18 Å². The van der Waals surface area contributed by atoms with Crippen LogP contribution in [-0.4, -0.2) is 32.2 Å². The Hall–Kier alpha value is -1.82. The second kappa shape index (κ2) is 6.30. The number of anilines is 1. The fourth-order valence-electron chi connectivity index (χ4n) is 2.26. The third-order valence-corrected chi connectivity index (χ3v) is 3.38. The third kappa shape index (κ3) is 3.64. The first-order valence-electron chi connectivity index (χ1n) is 6.75. The van der Waals surface area contributed by atoms with E-state index in [2.05, 4.69) is 10.3 Å². The molecule has 0 atom stereocenters. The number of pyridine rings is 1. The highest BCUT2D eigenvalue weighted by molar-refractivity contribution is 5.91. The van der Waals surface area contributed by atoms with Gasteiger partial charge in [0.15, 0.2) is 0 Å². The standard InChI is InChI=1S/C15H18F3N3/c1-19-7-3-9-21(2)14-6-8-20-13-10-11(15(16,17)18)4-5-12(13)14/h4-6,8,10,19H,3,7,9H2,1-2H3. The van der Waals surface area contributed by atoms with Crippen LogP contribution in [0.1, 0.15) is 12.0 Å². The Bertz CT molecular complexity index is 611. The van der Waals surface area contributed by atoms with Crippen molar-refractivity contribution in [3.05, 3.63) is 36.0 Å². The van der Waals surface area contributed by atoms with E-state index in [9.17, 15) is 13.2 Å². The van der Waals surface area contributed by atoms with Crippen molar-refractivity contribution in [3.8, 4) is 0 Å². The molecule has 0 aliphatic carbocycles. The SMILES string of the molecule is CNCCCN(C)c1ccnc2cc(C(F)(F)F)ccc12. The molecule has 2 aromatic rings. The van der Waals surface area contributed by atoms with Gasteiger partial charge in [0, 0.05) is 30.9 Å². The van der Waals surface area contributed by atoms with E-state index < -0.39 is 11.7 Å². The first-order valence-corrected chi connectivity index (χ1v) is 6.75. The van der Waals surface area contributed by atoms with Crippen molar-refractivity contribution in [2.45, 2.75) is 12.6 Å². The number of alkyl halides is 3. The summed E-state index contributed by atoms with van der Waals surface area (Å²) in [4.78, 5) is 6.09. The summed E-state index contributed by atoms with van der Waals surface area (Å²) in [6.45, 7) is 1.71. The summed E-state index contributed by atoms with van der Waals surface area (Å²) in [5.41, 5.74) is 0.588. The van der Waals surface area contributed by atoms with Crippen molar-refractivity contribution >= 4 is 16.6 Å². The Morgan fingerprint density at radius 3 is 2.67 bits per heavy atom. The monoisotopic (exact) mass is 297 g/mol. The van der Waals surface area contributed by atoms with Crippen LogP contribution < -0.4 is 10.2 Å². The van der Waals surface area contributed by atoms with Crippen LogP contribution >= 0.6 is 0 Å². The molecule has 21 heavy (non-hydrogen) atoms. The highest BCUT2D eigenvalue weighted by Gasteiger charge is 2.30. The van der Waals surface area contributed by atoms with Crippen molar-refractivity contribution in [1.29, 1.82) is 0 Å². The topological polar surface area (TPSA) is 28.2 Å². The van der Waals surface area contributed by atoms with Crippen molar-refractivity contribution in [2.24, 2.45) is 0 Å². The highest BCUT2D eigenvalue weighted by Crippen LogP contribution is 2.33. The molecule has 2 rings (SSSR count). The average molecular weight is 297 g/mol. The molecule has 0 saturated heterocycles. The lowest BCUT2D eigenvalue weighted by Gasteiger charge is -2.21. The maximum Gasteiger partial charge on any atom is 0.416 e. The van der Waals surface area contributed by atoms with Gasteiger partial charge in [0.05, 0.1) is 11.1 Å². The molecule has 1 aromatic heterocycles. The maximum atomic E-state index is 12.7. The zero-order valence-corrected chi connectivity index (χ0v) is 12.0. The van der Waals surface area contributed by atoms with Crippen LogP contribution in [0.25, 0.3) is 10.9 Å². The Kier molecular flexibility index (Phi) is 4.67. The average Bonchev–Trinajstić information content (AvgIpc) is 2.45. The van der Waals surface area contributed by atoms with Gasteiger partial charge < -0.3 is 10.2 Å². The van der Waals surface area contributed by atoms with Crippen LogP contribution in [0, 0.1) is 0 Å². The number of halogens is 3. The smallest absolute Gasteiger partial charge is 0.374 e. The van der Waals surface area contributed by atoms with Crippen LogP contribution in [0.2, 0.25) is 0 Å². The van der Waals surface area contributed by atoms with E-state index in [1.54, 1.807) is 6.20 Å². The van der Waals surface area contributed by atoms with Crippen LogP contribution in [0.4, 0.5) is 18.9 Å². The van der Waals surface area contributed by atoms with Gasteiger partial charge in [0.25, 0.3) is 0 Å². The van der Waals surface area contributed by atoms with E-state index in [0.717, 1.165) is 42.7 Å². The van der Waals surface area contributed by atoms with Crippen molar-refractivity contribution in [2.75, 3.05) is 32.1 Å². The summed E-state index contributed by atoms with van der Waals surface area (Å²) < 4.78 is 38.2. The number of aromatic nitrogens is 1. The highest BCUT2D eigenvalue weighted by atomic mass is 19.4. The fourth-order valence-corrected chi connectivity index (χ4v) is 2.26. The van der Waals surface area contributed by atoms with Gasteiger partial charge in [-0.2, -0.15) is 13.2 Å². The minimum absolute atomic E-state index is 0.364. The van der Waals surface area contributed by atoms with Gasteiger partial charge in [-0.1, -0.05) is 6.07 Å². The number of hydrogen-bond acceptors (Lipinski definition) is 3. The summed E-state index contributed by atoms with van der Waals surface area (Å²) in [6, 6.07) is 5.53. The van der Waals surface area contributed by atoms with E-state index in [1.807, 2.05) is 25.1 Å². The van der Waals surface area contributed by atoms with Gasteiger partial charge in [-0.25, -0.2) is 0 Å². The molecular weight excluding hydrogens is 279 g/mol. The molecule has 0 unspecified atom stereocenters. The molecular formula is C15H18F3N3.